The topological polar surface area (TPSA) is 194 Å². The van der Waals surface area contributed by atoms with Crippen LogP contribution < -0.4 is 16.4 Å². The van der Waals surface area contributed by atoms with Gasteiger partial charge in [-0.25, -0.2) is 0 Å². The molecular weight excluding hydrogens is 404 g/mol. The molecule has 0 aliphatic carbocycles. The van der Waals surface area contributed by atoms with Crippen LogP contribution in [0.4, 0.5) is 0 Å². The van der Waals surface area contributed by atoms with Crippen molar-refractivity contribution in [2.45, 2.75) is 44.8 Å². The standard InChI is InChI=1S/C18H22N10O3/c1-9(2)14(15(19)30)22-16(31)12(21-10(3)29)8-18(24-25-20)11-6-4-5-7-13(11)28-17(18)23-26-27-28/h4-7,9,12,14H,8H2,1-3H3,(H2,19,30)(H,21,29)(H,22,31)/t12-,14-,18?/m0/s1. The summed E-state index contributed by atoms with van der Waals surface area (Å²) in [6.07, 6.45) is -0.177. The SMILES string of the molecule is CC(=O)N[C@@H](CC1(N=[N+]=[N-])c2ccccc2-n2nnnc21)C(=O)N[C@H](C(N)=O)C(C)C. The third-order valence-electron chi connectivity index (χ3n) is 5.10. The molecule has 1 aromatic carbocycles. The molecule has 4 N–H and O–H groups in total. The first-order chi connectivity index (χ1) is 14.7. The van der Waals surface area contributed by atoms with Crippen LogP contribution in [-0.4, -0.2) is 50.0 Å². The molecule has 2 aromatic rings. The van der Waals surface area contributed by atoms with Crippen LogP contribution in [0.5, 0.6) is 0 Å². The van der Waals surface area contributed by atoms with Gasteiger partial charge >= 0.3 is 0 Å². The number of carbonyl (C=O) groups excluding carboxylic acids is 3. The van der Waals surface area contributed by atoms with Gasteiger partial charge < -0.3 is 16.4 Å². The van der Waals surface area contributed by atoms with Gasteiger partial charge in [0.05, 0.1) is 5.69 Å². The molecule has 0 spiro atoms. The predicted octanol–water partition coefficient (Wildman–Crippen LogP) is 0.0505. The van der Waals surface area contributed by atoms with Gasteiger partial charge in [-0.1, -0.05) is 37.2 Å². The van der Waals surface area contributed by atoms with Crippen LogP contribution in [0.25, 0.3) is 16.1 Å². The van der Waals surface area contributed by atoms with Gasteiger partial charge in [-0.05, 0) is 39.9 Å². The second-order valence-corrected chi connectivity index (χ2v) is 7.57. The van der Waals surface area contributed by atoms with E-state index >= 15 is 0 Å². The minimum atomic E-state index is -1.46. The molecule has 31 heavy (non-hydrogen) atoms. The van der Waals surface area contributed by atoms with Crippen LogP contribution in [0.2, 0.25) is 0 Å². The highest BCUT2D eigenvalue weighted by molar-refractivity contribution is 5.91. The van der Waals surface area contributed by atoms with Crippen molar-refractivity contribution in [3.05, 3.63) is 46.1 Å². The smallest absolute Gasteiger partial charge is 0.243 e. The normalized spacial score (nSPS) is 18.3. The second kappa shape index (κ2) is 8.40. The number of aromatic nitrogens is 4. The highest BCUT2D eigenvalue weighted by atomic mass is 16.2. The average molecular weight is 426 g/mol. The number of nitrogens with one attached hydrogen (secondary N) is 2. The van der Waals surface area contributed by atoms with Gasteiger partial charge in [0.25, 0.3) is 0 Å². The first-order valence-electron chi connectivity index (χ1n) is 9.53. The molecular formula is C18H22N10O3. The summed E-state index contributed by atoms with van der Waals surface area (Å²) >= 11 is 0. The summed E-state index contributed by atoms with van der Waals surface area (Å²) in [6, 6.07) is 4.88. The van der Waals surface area contributed by atoms with Crippen LogP contribution in [0.15, 0.2) is 29.4 Å². The summed E-state index contributed by atoms with van der Waals surface area (Å²) in [5.41, 5.74) is 14.4. The van der Waals surface area contributed by atoms with E-state index in [4.69, 9.17) is 5.73 Å². The number of hydrogen-bond acceptors (Lipinski definition) is 7. The molecule has 0 bridgehead atoms. The number of benzene rings is 1. The molecule has 13 heteroatoms. The molecule has 3 amide bonds. The lowest BCUT2D eigenvalue weighted by atomic mass is 9.84. The largest absolute Gasteiger partial charge is 0.368 e. The number of carbonyl (C=O) groups is 3. The van der Waals surface area contributed by atoms with E-state index in [1.807, 2.05) is 0 Å². The lowest BCUT2D eigenvalue weighted by molar-refractivity contribution is -0.131. The number of primary amides is 1. The van der Waals surface area contributed by atoms with E-state index in [1.54, 1.807) is 38.1 Å². The van der Waals surface area contributed by atoms with Crippen molar-refractivity contribution in [3.8, 4) is 5.69 Å². The minimum absolute atomic E-state index is 0.177. The van der Waals surface area contributed by atoms with Gasteiger partial charge in [-0.15, -0.1) is 5.10 Å². The van der Waals surface area contributed by atoms with E-state index in [1.165, 1.54) is 11.6 Å². The molecule has 13 nitrogen and oxygen atoms in total. The molecule has 3 atom stereocenters. The summed E-state index contributed by atoms with van der Waals surface area (Å²) in [6.45, 7) is 4.71. The van der Waals surface area contributed by atoms with Crippen molar-refractivity contribution in [1.82, 2.24) is 30.8 Å². The monoisotopic (exact) mass is 426 g/mol. The quantitative estimate of drug-likeness (QED) is 0.303. The zero-order chi connectivity index (χ0) is 22.8. The number of para-hydroxylation sites is 1. The number of nitrogens with zero attached hydrogens (tertiary/aromatic N) is 7. The number of tetrazole rings is 1. The van der Waals surface area contributed by atoms with Crippen LogP contribution in [0.3, 0.4) is 0 Å². The van der Waals surface area contributed by atoms with Gasteiger partial charge in [0.1, 0.15) is 17.6 Å². The first-order valence-corrected chi connectivity index (χ1v) is 9.53. The maximum atomic E-state index is 13.1. The predicted molar refractivity (Wildman–Crippen MR) is 107 cm³/mol. The minimum Gasteiger partial charge on any atom is -0.368 e. The number of fused-ring (bicyclic) bond motifs is 3. The lowest BCUT2D eigenvalue weighted by Crippen LogP contribution is -2.55. The zero-order valence-electron chi connectivity index (χ0n) is 17.2. The Balaban J connectivity index is 2.05. The van der Waals surface area contributed by atoms with Crippen molar-refractivity contribution >= 4 is 17.7 Å². The van der Waals surface area contributed by atoms with Gasteiger partial charge in [0.2, 0.25) is 17.7 Å². The third-order valence-corrected chi connectivity index (χ3v) is 5.10. The van der Waals surface area contributed by atoms with Crippen molar-refractivity contribution in [2.24, 2.45) is 16.8 Å². The maximum Gasteiger partial charge on any atom is 0.243 e. The Kier molecular flexibility index (Phi) is 5.88. The number of rotatable bonds is 8. The molecule has 3 rings (SSSR count). The van der Waals surface area contributed by atoms with E-state index in [0.29, 0.717) is 11.3 Å². The number of hydrogen-bond donors (Lipinski definition) is 3. The molecule has 1 aliphatic rings. The number of amides is 3. The summed E-state index contributed by atoms with van der Waals surface area (Å²) in [5, 5.41) is 20.7. The van der Waals surface area contributed by atoms with Crippen molar-refractivity contribution in [2.75, 3.05) is 0 Å². The molecule has 162 valence electrons. The molecule has 1 aromatic heterocycles. The third kappa shape index (κ3) is 3.90. The first kappa shape index (κ1) is 21.7. The molecule has 1 unspecified atom stereocenters. The van der Waals surface area contributed by atoms with Gasteiger partial charge in [-0.3, -0.25) is 14.4 Å². The Morgan fingerprint density at radius 2 is 2.00 bits per heavy atom. The molecule has 0 fully saturated rings. The van der Waals surface area contributed by atoms with Crippen LogP contribution in [0, 0.1) is 5.92 Å². The Bertz CT molecular complexity index is 1070. The van der Waals surface area contributed by atoms with Gasteiger partial charge in [-0.2, -0.15) is 4.68 Å². The van der Waals surface area contributed by atoms with Crippen molar-refractivity contribution < 1.29 is 14.4 Å². The average Bonchev–Trinajstić information content (AvgIpc) is 3.28. The summed E-state index contributed by atoms with van der Waals surface area (Å²) in [4.78, 5) is 39.6. The molecule has 2 heterocycles. The van der Waals surface area contributed by atoms with Gasteiger partial charge in [0, 0.05) is 11.8 Å². The zero-order valence-corrected chi connectivity index (χ0v) is 17.2. The van der Waals surface area contributed by atoms with Crippen molar-refractivity contribution in [1.29, 1.82) is 0 Å². The summed E-state index contributed by atoms with van der Waals surface area (Å²) in [5.74, 6) is -1.90. The molecule has 1 aliphatic heterocycles. The Morgan fingerprint density at radius 3 is 2.61 bits per heavy atom. The van der Waals surface area contributed by atoms with Crippen LogP contribution in [0.1, 0.15) is 38.6 Å². The summed E-state index contributed by atoms with van der Waals surface area (Å²) in [7, 11) is 0. The Hall–Kier alpha value is -3.99. The number of nitrogens with two attached hydrogens (primary N) is 1. The molecule has 0 radical (unpaired) electrons. The summed E-state index contributed by atoms with van der Waals surface area (Å²) < 4.78 is 1.42. The Labute approximate surface area is 177 Å². The second-order valence-electron chi connectivity index (χ2n) is 7.57. The van der Waals surface area contributed by atoms with Crippen molar-refractivity contribution in [3.63, 3.8) is 0 Å². The van der Waals surface area contributed by atoms with E-state index in [0.717, 1.165) is 0 Å². The molecule has 0 saturated heterocycles. The van der Waals surface area contributed by atoms with E-state index in [2.05, 4.69) is 36.2 Å². The number of azide groups is 1. The molecule has 0 saturated carbocycles. The highest BCUT2D eigenvalue weighted by Gasteiger charge is 2.49. The van der Waals surface area contributed by atoms with Crippen LogP contribution >= 0.6 is 0 Å². The Morgan fingerprint density at radius 1 is 1.29 bits per heavy atom. The fourth-order valence-electron chi connectivity index (χ4n) is 3.72. The fraction of sp³-hybridized carbons (Fsp3) is 0.444. The maximum absolute atomic E-state index is 13.1. The van der Waals surface area contributed by atoms with E-state index in [9.17, 15) is 19.9 Å². The lowest BCUT2D eigenvalue weighted by Gasteiger charge is -2.29. The highest BCUT2D eigenvalue weighted by Crippen LogP contribution is 2.45. The van der Waals surface area contributed by atoms with E-state index in [-0.39, 0.29) is 18.2 Å². The van der Waals surface area contributed by atoms with Gasteiger partial charge in [0.15, 0.2) is 5.82 Å². The van der Waals surface area contributed by atoms with Crippen LogP contribution in [-0.2, 0) is 19.9 Å². The van der Waals surface area contributed by atoms with E-state index < -0.39 is 35.3 Å². The fourth-order valence-corrected chi connectivity index (χ4v) is 3.72.